The van der Waals surface area contributed by atoms with Crippen LogP contribution >= 0.6 is 11.6 Å². The average Bonchev–Trinajstić information content (AvgIpc) is 3.17. The second kappa shape index (κ2) is 6.37. The minimum atomic E-state index is 0.00261. The Morgan fingerprint density at radius 2 is 2.14 bits per heavy atom. The fourth-order valence-corrected chi connectivity index (χ4v) is 3.92. The lowest BCUT2D eigenvalue weighted by Gasteiger charge is -2.30. The molecule has 0 aromatic heterocycles. The van der Waals surface area contributed by atoms with Gasteiger partial charge in [-0.1, -0.05) is 36.6 Å². The van der Waals surface area contributed by atoms with E-state index in [1.54, 1.807) is 0 Å². The number of amides is 1. The maximum atomic E-state index is 12.2. The van der Waals surface area contributed by atoms with E-state index in [0.717, 1.165) is 43.8 Å². The van der Waals surface area contributed by atoms with Crippen LogP contribution in [0.15, 0.2) is 24.3 Å². The van der Waals surface area contributed by atoms with Crippen molar-refractivity contribution in [2.24, 2.45) is 0 Å². The summed E-state index contributed by atoms with van der Waals surface area (Å²) >= 11 is 6.15. The maximum absolute atomic E-state index is 12.2. The second-order valence-electron chi connectivity index (χ2n) is 6.36. The average molecular weight is 307 g/mol. The summed E-state index contributed by atoms with van der Waals surface area (Å²) < 4.78 is 0. The minimum absolute atomic E-state index is 0.00261. The molecule has 1 amide bonds. The molecule has 3 nitrogen and oxygen atoms in total. The van der Waals surface area contributed by atoms with Gasteiger partial charge in [0.1, 0.15) is 0 Å². The van der Waals surface area contributed by atoms with Crippen molar-refractivity contribution in [1.82, 2.24) is 10.6 Å². The molecule has 1 saturated heterocycles. The molecule has 1 aliphatic heterocycles. The monoisotopic (exact) mass is 306 g/mol. The largest absolute Gasteiger partial charge is 0.354 e. The van der Waals surface area contributed by atoms with Gasteiger partial charge in [-0.05, 0) is 49.9 Å². The second-order valence-corrected chi connectivity index (χ2v) is 6.80. The summed E-state index contributed by atoms with van der Waals surface area (Å²) in [4.78, 5) is 12.2. The number of halogens is 1. The lowest BCUT2D eigenvalue weighted by atomic mass is 9.78. The third-order valence-electron chi connectivity index (χ3n) is 4.98. The zero-order valence-corrected chi connectivity index (χ0v) is 13.1. The molecular weight excluding hydrogens is 284 g/mol. The molecule has 1 unspecified atom stereocenters. The normalized spacial score (nSPS) is 24.1. The Morgan fingerprint density at radius 3 is 2.81 bits per heavy atom. The number of carbonyl (C=O) groups is 1. The SMILES string of the molecule is O=C(NCC1(c2cccc(Cl)c2)CCCC1)C1CCCN1. The lowest BCUT2D eigenvalue weighted by molar-refractivity contribution is -0.123. The van der Waals surface area contributed by atoms with Gasteiger partial charge in [0, 0.05) is 17.0 Å². The van der Waals surface area contributed by atoms with Gasteiger partial charge in [-0.2, -0.15) is 0 Å². The van der Waals surface area contributed by atoms with Crippen molar-refractivity contribution in [3.8, 4) is 0 Å². The molecule has 21 heavy (non-hydrogen) atoms. The van der Waals surface area contributed by atoms with Crippen LogP contribution in [0.4, 0.5) is 0 Å². The zero-order chi connectivity index (χ0) is 14.7. The van der Waals surface area contributed by atoms with Crippen LogP contribution in [0.2, 0.25) is 5.02 Å². The van der Waals surface area contributed by atoms with Crippen LogP contribution in [0.5, 0.6) is 0 Å². The van der Waals surface area contributed by atoms with Crippen LogP contribution in [-0.2, 0) is 10.2 Å². The summed E-state index contributed by atoms with van der Waals surface area (Å²) in [5.74, 6) is 0.154. The van der Waals surface area contributed by atoms with Crippen LogP contribution in [0, 0.1) is 0 Å². The topological polar surface area (TPSA) is 41.1 Å². The van der Waals surface area contributed by atoms with Crippen LogP contribution in [0.1, 0.15) is 44.1 Å². The van der Waals surface area contributed by atoms with Crippen molar-refractivity contribution in [3.05, 3.63) is 34.9 Å². The summed E-state index contributed by atoms with van der Waals surface area (Å²) in [6.45, 7) is 1.68. The molecule has 1 atom stereocenters. The Morgan fingerprint density at radius 1 is 1.33 bits per heavy atom. The van der Waals surface area contributed by atoms with Gasteiger partial charge in [-0.15, -0.1) is 0 Å². The maximum Gasteiger partial charge on any atom is 0.237 e. The summed E-state index contributed by atoms with van der Waals surface area (Å²) in [5, 5.41) is 7.22. The summed E-state index contributed by atoms with van der Waals surface area (Å²) in [5.41, 5.74) is 1.34. The quantitative estimate of drug-likeness (QED) is 0.898. The van der Waals surface area contributed by atoms with Crippen LogP contribution in [0.25, 0.3) is 0 Å². The highest BCUT2D eigenvalue weighted by Crippen LogP contribution is 2.41. The Bertz CT molecular complexity index is 505. The van der Waals surface area contributed by atoms with E-state index in [1.807, 2.05) is 12.1 Å². The van der Waals surface area contributed by atoms with Gasteiger partial charge in [-0.25, -0.2) is 0 Å². The van der Waals surface area contributed by atoms with Crippen LogP contribution in [0.3, 0.4) is 0 Å². The number of nitrogens with one attached hydrogen (secondary N) is 2. The number of carbonyl (C=O) groups excluding carboxylic acids is 1. The number of benzene rings is 1. The molecule has 0 spiro atoms. The van der Waals surface area contributed by atoms with Gasteiger partial charge in [0.15, 0.2) is 0 Å². The van der Waals surface area contributed by atoms with Crippen molar-refractivity contribution in [2.45, 2.75) is 50.0 Å². The van der Waals surface area contributed by atoms with Gasteiger partial charge in [0.25, 0.3) is 0 Å². The van der Waals surface area contributed by atoms with Crippen molar-refractivity contribution < 1.29 is 4.79 Å². The van der Waals surface area contributed by atoms with E-state index in [9.17, 15) is 4.79 Å². The smallest absolute Gasteiger partial charge is 0.237 e. The van der Waals surface area contributed by atoms with E-state index in [-0.39, 0.29) is 17.4 Å². The molecule has 2 aliphatic rings. The zero-order valence-electron chi connectivity index (χ0n) is 12.3. The molecule has 1 aliphatic carbocycles. The van der Waals surface area contributed by atoms with Gasteiger partial charge in [0.05, 0.1) is 6.04 Å². The Labute approximate surface area is 131 Å². The molecule has 4 heteroatoms. The number of hydrogen-bond acceptors (Lipinski definition) is 2. The van der Waals surface area contributed by atoms with E-state index in [4.69, 9.17) is 11.6 Å². The molecule has 114 valence electrons. The Hall–Kier alpha value is -1.06. The van der Waals surface area contributed by atoms with E-state index in [0.29, 0.717) is 0 Å². The standard InChI is InChI=1S/C17H23ClN2O/c18-14-6-3-5-13(11-14)17(8-1-2-9-17)12-20-16(21)15-7-4-10-19-15/h3,5-6,11,15,19H,1-2,4,7-10,12H2,(H,20,21). The molecule has 1 heterocycles. The highest BCUT2D eigenvalue weighted by Gasteiger charge is 2.36. The van der Waals surface area contributed by atoms with Crippen LogP contribution in [-0.4, -0.2) is 25.0 Å². The summed E-state index contributed by atoms with van der Waals surface area (Å²) in [7, 11) is 0. The molecule has 2 fully saturated rings. The fourth-order valence-electron chi connectivity index (χ4n) is 3.73. The molecule has 2 N–H and O–H groups in total. The first kappa shape index (κ1) is 14.9. The highest BCUT2D eigenvalue weighted by molar-refractivity contribution is 6.30. The van der Waals surface area contributed by atoms with Gasteiger partial charge in [-0.3, -0.25) is 4.79 Å². The number of hydrogen-bond donors (Lipinski definition) is 2. The Balaban J connectivity index is 1.71. The predicted octanol–water partition coefficient (Wildman–Crippen LogP) is 3.02. The molecule has 0 bridgehead atoms. The molecule has 1 aromatic rings. The summed E-state index contributed by atoms with van der Waals surface area (Å²) in [6, 6.07) is 8.14. The molecule has 1 saturated carbocycles. The summed E-state index contributed by atoms with van der Waals surface area (Å²) in [6.07, 6.45) is 6.76. The van der Waals surface area contributed by atoms with Crippen molar-refractivity contribution in [2.75, 3.05) is 13.1 Å². The van der Waals surface area contributed by atoms with E-state index < -0.39 is 0 Å². The Kier molecular flexibility index (Phi) is 4.51. The van der Waals surface area contributed by atoms with Crippen molar-refractivity contribution in [1.29, 1.82) is 0 Å². The third kappa shape index (κ3) is 3.24. The molecule has 3 rings (SSSR count). The number of rotatable bonds is 4. The minimum Gasteiger partial charge on any atom is -0.354 e. The van der Waals surface area contributed by atoms with E-state index in [1.165, 1.54) is 18.4 Å². The van der Waals surface area contributed by atoms with Gasteiger partial charge in [0.2, 0.25) is 5.91 Å². The van der Waals surface area contributed by atoms with Gasteiger partial charge < -0.3 is 10.6 Å². The lowest BCUT2D eigenvalue weighted by Crippen LogP contribution is -2.46. The first-order valence-corrected chi connectivity index (χ1v) is 8.35. The molecule has 0 radical (unpaired) electrons. The van der Waals surface area contributed by atoms with E-state index >= 15 is 0 Å². The highest BCUT2D eigenvalue weighted by atomic mass is 35.5. The van der Waals surface area contributed by atoms with E-state index in [2.05, 4.69) is 22.8 Å². The van der Waals surface area contributed by atoms with Crippen LogP contribution < -0.4 is 10.6 Å². The van der Waals surface area contributed by atoms with Gasteiger partial charge >= 0.3 is 0 Å². The third-order valence-corrected chi connectivity index (χ3v) is 5.21. The van der Waals surface area contributed by atoms with Crippen molar-refractivity contribution in [3.63, 3.8) is 0 Å². The predicted molar refractivity (Wildman–Crippen MR) is 85.6 cm³/mol. The molecule has 1 aromatic carbocycles. The molecular formula is C17H23ClN2O. The fraction of sp³-hybridized carbons (Fsp3) is 0.588. The first-order chi connectivity index (χ1) is 10.2. The first-order valence-electron chi connectivity index (χ1n) is 7.97. The van der Waals surface area contributed by atoms with Crippen molar-refractivity contribution >= 4 is 17.5 Å².